The van der Waals surface area contributed by atoms with Gasteiger partial charge in [-0.2, -0.15) is 0 Å². The molecule has 0 spiro atoms. The number of hydrogen-bond acceptors (Lipinski definition) is 2. The van der Waals surface area contributed by atoms with Gasteiger partial charge in [0.15, 0.2) is 0 Å². The second kappa shape index (κ2) is 3.99. The maximum atomic E-state index is 11.0. The van der Waals surface area contributed by atoms with Gasteiger partial charge in [-0.15, -0.1) is 0 Å². The molecule has 0 amide bonds. The van der Waals surface area contributed by atoms with Gasteiger partial charge in [0, 0.05) is 0 Å². The summed E-state index contributed by atoms with van der Waals surface area (Å²) in [5, 5.41) is 0. The van der Waals surface area contributed by atoms with Crippen molar-refractivity contribution in [3.8, 4) is 0 Å². The minimum atomic E-state index is -0.203. The van der Waals surface area contributed by atoms with E-state index in [4.69, 9.17) is 4.74 Å². The Hall–Kier alpha value is -1.05. The van der Waals surface area contributed by atoms with Gasteiger partial charge in [0.2, 0.25) is 0 Å². The van der Waals surface area contributed by atoms with E-state index in [-0.39, 0.29) is 27.0 Å². The fourth-order valence-corrected chi connectivity index (χ4v) is 3.20. The number of rotatable bonds is 2. The van der Waals surface area contributed by atoms with E-state index in [0.29, 0.717) is 0 Å². The molecule has 1 unspecified atom stereocenters. The molecule has 2 rings (SSSR count). The van der Waals surface area contributed by atoms with Crippen LogP contribution in [0.1, 0.15) is 6.92 Å². The third-order valence-electron chi connectivity index (χ3n) is 1.93. The Balaban J connectivity index is 2.12. The Labute approximate surface area is 89.1 Å². The Morgan fingerprint density at radius 3 is 2.57 bits per heavy atom. The van der Waals surface area contributed by atoms with Crippen LogP contribution in [0.25, 0.3) is 0 Å². The molecule has 0 N–H and O–H groups in total. The molecule has 0 fully saturated rings. The van der Waals surface area contributed by atoms with Gasteiger partial charge in [0.25, 0.3) is 0 Å². The van der Waals surface area contributed by atoms with Crippen molar-refractivity contribution in [3.05, 3.63) is 40.9 Å². The van der Waals surface area contributed by atoms with Crippen LogP contribution in [0.15, 0.2) is 40.9 Å². The molecule has 14 heavy (non-hydrogen) atoms. The molecule has 1 atom stereocenters. The zero-order valence-electron chi connectivity index (χ0n) is 7.77. The van der Waals surface area contributed by atoms with Gasteiger partial charge in [-0.25, -0.2) is 0 Å². The predicted octanol–water partition coefficient (Wildman–Crippen LogP) is 0.845. The summed E-state index contributed by atoms with van der Waals surface area (Å²) in [5.74, 6) is -0.203. The van der Waals surface area contributed by atoms with Crippen LogP contribution in [-0.4, -0.2) is 27.0 Å². The summed E-state index contributed by atoms with van der Waals surface area (Å²) in [6, 6.07) is 10.2. The minimum absolute atomic E-state index is 0.0392. The first kappa shape index (κ1) is 9.50. The zero-order valence-corrected chi connectivity index (χ0v) is 9.48. The second-order valence-corrected chi connectivity index (χ2v) is 5.45. The summed E-state index contributed by atoms with van der Waals surface area (Å²) in [5.41, 5.74) is 0. The second-order valence-electron chi connectivity index (χ2n) is 3.04. The Kier molecular flexibility index (Phi) is 2.71. The van der Waals surface area contributed by atoms with Crippen molar-refractivity contribution in [2.45, 2.75) is 13.0 Å². The van der Waals surface area contributed by atoms with E-state index in [1.165, 1.54) is 4.46 Å². The number of cyclic esters (lactones) is 1. The van der Waals surface area contributed by atoms with Gasteiger partial charge >= 0.3 is 88.8 Å². The Bertz CT molecular complexity index is 370. The van der Waals surface area contributed by atoms with Crippen LogP contribution in [0.3, 0.4) is 0 Å². The number of carbonyl (C=O) groups is 1. The van der Waals surface area contributed by atoms with Crippen LogP contribution in [0.5, 0.6) is 0 Å². The molecular weight excluding hydrogens is 243 g/mol. The van der Waals surface area contributed by atoms with Crippen LogP contribution < -0.4 is 4.46 Å². The van der Waals surface area contributed by atoms with Crippen molar-refractivity contribution in [1.29, 1.82) is 0 Å². The van der Waals surface area contributed by atoms with Crippen molar-refractivity contribution < 1.29 is 9.53 Å². The molecule has 72 valence electrons. The summed E-state index contributed by atoms with van der Waals surface area (Å²) in [6.07, 6.45) is 1.58. The average Bonchev–Trinajstić information content (AvgIpc) is 2.47. The van der Waals surface area contributed by atoms with Crippen molar-refractivity contribution in [1.82, 2.24) is 0 Å². The van der Waals surface area contributed by atoms with E-state index in [9.17, 15) is 4.79 Å². The van der Waals surface area contributed by atoms with Gasteiger partial charge in [0.05, 0.1) is 0 Å². The standard InChI is InChI=1S/C11H10O2Se/c1-8-10(7-11(12)13-8)14-9-5-3-2-4-6-9/h2-8H,1H3. The van der Waals surface area contributed by atoms with Gasteiger partial charge < -0.3 is 0 Å². The zero-order chi connectivity index (χ0) is 9.97. The normalized spacial score (nSPS) is 20.5. The Morgan fingerprint density at radius 1 is 1.29 bits per heavy atom. The molecule has 1 aromatic rings. The van der Waals surface area contributed by atoms with E-state index in [1.807, 2.05) is 25.1 Å². The topological polar surface area (TPSA) is 26.3 Å². The molecule has 2 nitrogen and oxygen atoms in total. The van der Waals surface area contributed by atoms with Crippen LogP contribution in [0.2, 0.25) is 0 Å². The van der Waals surface area contributed by atoms with Crippen molar-refractivity contribution in [2.24, 2.45) is 0 Å². The average molecular weight is 253 g/mol. The first-order chi connectivity index (χ1) is 6.75. The fourth-order valence-electron chi connectivity index (χ4n) is 1.24. The molecule has 0 saturated carbocycles. The molecule has 0 radical (unpaired) electrons. The molecule has 3 heteroatoms. The molecule has 0 bridgehead atoms. The third kappa shape index (κ3) is 2.06. The third-order valence-corrected chi connectivity index (χ3v) is 4.44. The molecule has 0 aliphatic carbocycles. The van der Waals surface area contributed by atoms with Crippen LogP contribution in [-0.2, 0) is 9.53 Å². The Morgan fingerprint density at radius 2 is 2.00 bits per heavy atom. The van der Waals surface area contributed by atoms with Gasteiger partial charge in [-0.1, -0.05) is 0 Å². The molecule has 1 aliphatic rings. The van der Waals surface area contributed by atoms with E-state index < -0.39 is 0 Å². The monoisotopic (exact) mass is 254 g/mol. The maximum absolute atomic E-state index is 11.0. The summed E-state index contributed by atoms with van der Waals surface area (Å²) in [6.45, 7) is 1.92. The molecule has 1 aliphatic heterocycles. The summed E-state index contributed by atoms with van der Waals surface area (Å²) in [7, 11) is 0. The van der Waals surface area contributed by atoms with Crippen LogP contribution in [0.4, 0.5) is 0 Å². The number of esters is 1. The summed E-state index contributed by atoms with van der Waals surface area (Å²) >= 11 is 0.215. The number of carbonyl (C=O) groups excluding carboxylic acids is 1. The number of hydrogen-bond donors (Lipinski definition) is 0. The fraction of sp³-hybridized carbons (Fsp3) is 0.182. The molecule has 1 aromatic carbocycles. The van der Waals surface area contributed by atoms with Gasteiger partial charge in [0.1, 0.15) is 0 Å². The quantitative estimate of drug-likeness (QED) is 0.577. The van der Waals surface area contributed by atoms with Gasteiger partial charge in [-0.3, -0.25) is 0 Å². The number of benzene rings is 1. The summed E-state index contributed by atoms with van der Waals surface area (Å²) in [4.78, 5) is 11.0. The summed E-state index contributed by atoms with van der Waals surface area (Å²) < 4.78 is 7.42. The van der Waals surface area contributed by atoms with Gasteiger partial charge in [-0.05, 0) is 0 Å². The molecule has 0 aromatic heterocycles. The van der Waals surface area contributed by atoms with Crippen molar-refractivity contribution in [2.75, 3.05) is 0 Å². The van der Waals surface area contributed by atoms with E-state index in [0.717, 1.165) is 4.47 Å². The molecule has 0 saturated heterocycles. The molecule has 1 heterocycles. The molecular formula is C11H10O2Se. The first-order valence-corrected chi connectivity index (χ1v) is 6.12. The SMILES string of the molecule is CC1OC(=O)C=C1[Se]c1ccccc1. The van der Waals surface area contributed by atoms with E-state index in [1.54, 1.807) is 6.08 Å². The van der Waals surface area contributed by atoms with E-state index in [2.05, 4.69) is 12.1 Å². The first-order valence-electron chi connectivity index (χ1n) is 4.41. The predicted molar refractivity (Wildman–Crippen MR) is 55.5 cm³/mol. The van der Waals surface area contributed by atoms with E-state index >= 15 is 0 Å². The van der Waals surface area contributed by atoms with Crippen LogP contribution in [0, 0.1) is 0 Å². The number of ether oxygens (including phenoxy) is 1. The van der Waals surface area contributed by atoms with Crippen molar-refractivity contribution in [3.63, 3.8) is 0 Å². The van der Waals surface area contributed by atoms with Crippen LogP contribution >= 0.6 is 0 Å². The van der Waals surface area contributed by atoms with Crippen molar-refractivity contribution >= 4 is 25.4 Å².